The van der Waals surface area contributed by atoms with Crippen molar-refractivity contribution >= 4 is 65.4 Å². The molecule has 5 heterocycles. The number of rotatable bonds is 4. The third-order valence-corrected chi connectivity index (χ3v) is 10.4. The average molecular weight is 652 g/mol. The summed E-state index contributed by atoms with van der Waals surface area (Å²) in [7, 11) is 0. The Balaban J connectivity index is 1.36. The molecule has 0 atom stereocenters. The second kappa shape index (κ2) is 10.8. The van der Waals surface area contributed by atoms with E-state index >= 15 is 0 Å². The van der Waals surface area contributed by atoms with Gasteiger partial charge in [0.15, 0.2) is 0 Å². The maximum Gasteiger partial charge on any atom is 0.0725 e. The quantitative estimate of drug-likeness (QED) is 0.190. The monoisotopic (exact) mass is 651 g/mol. The van der Waals surface area contributed by atoms with Crippen LogP contribution in [0.5, 0.6) is 0 Å². The minimum absolute atomic E-state index is 1.06. The predicted octanol–water partition coefficient (Wildman–Crippen LogP) is 11.4. The molecule has 5 aromatic heterocycles. The van der Waals surface area contributed by atoms with Gasteiger partial charge in [0.05, 0.1) is 56.9 Å². The Kier molecular flexibility index (Phi) is 5.89. The first-order valence-corrected chi connectivity index (χ1v) is 17.2. The van der Waals surface area contributed by atoms with Gasteiger partial charge in [-0.05, 0) is 71.8 Å². The average Bonchev–Trinajstić information content (AvgIpc) is 3.83. The molecule has 0 saturated carbocycles. The minimum Gasteiger partial charge on any atom is -0.309 e. The molecule has 0 fully saturated rings. The Labute approximate surface area is 292 Å². The summed E-state index contributed by atoms with van der Waals surface area (Å²) in [5.74, 6) is 0. The van der Waals surface area contributed by atoms with Crippen LogP contribution in [-0.4, -0.2) is 23.7 Å². The van der Waals surface area contributed by atoms with Gasteiger partial charge in [-0.25, -0.2) is 0 Å². The topological polar surface area (TPSA) is 40.6 Å². The minimum atomic E-state index is 1.06. The van der Waals surface area contributed by atoms with E-state index in [-0.39, 0.29) is 0 Å². The van der Waals surface area contributed by atoms with Gasteiger partial charge in [-0.15, -0.1) is 0 Å². The van der Waals surface area contributed by atoms with Gasteiger partial charge in [0.1, 0.15) is 0 Å². The van der Waals surface area contributed by atoms with Gasteiger partial charge >= 0.3 is 0 Å². The molecule has 0 unspecified atom stereocenters. The highest BCUT2D eigenvalue weighted by atomic mass is 15.1. The maximum atomic E-state index is 4.65. The molecule has 0 spiro atoms. The summed E-state index contributed by atoms with van der Waals surface area (Å²) in [5, 5.41) is 7.12. The van der Waals surface area contributed by atoms with E-state index in [9.17, 15) is 0 Å². The van der Waals surface area contributed by atoms with Crippen molar-refractivity contribution in [2.45, 2.75) is 0 Å². The SMILES string of the molecule is c1ccc(-c2ccc3c(c2)c2cc(-n4c5ccccc5c5ccncc54)c(-n4c5ccccc5c5ccncc54)cc2n3-c2ccccc2)cc1. The van der Waals surface area contributed by atoms with Crippen LogP contribution >= 0.6 is 0 Å². The summed E-state index contributed by atoms with van der Waals surface area (Å²) < 4.78 is 7.20. The summed E-state index contributed by atoms with van der Waals surface area (Å²) in [6.07, 6.45) is 7.77. The van der Waals surface area contributed by atoms with Gasteiger partial charge in [0.25, 0.3) is 0 Å². The first-order chi connectivity index (χ1) is 25.3. The number of para-hydroxylation sites is 3. The lowest BCUT2D eigenvalue weighted by Gasteiger charge is -2.18. The van der Waals surface area contributed by atoms with E-state index in [4.69, 9.17) is 0 Å². The van der Waals surface area contributed by atoms with E-state index in [1.54, 1.807) is 0 Å². The normalized spacial score (nSPS) is 11.9. The second-order valence-corrected chi connectivity index (χ2v) is 13.1. The molecule has 11 rings (SSSR count). The van der Waals surface area contributed by atoms with E-state index in [1.165, 1.54) is 43.4 Å². The Morgan fingerprint density at radius 1 is 0.314 bits per heavy atom. The molecule has 0 radical (unpaired) electrons. The van der Waals surface area contributed by atoms with Crippen LogP contribution in [0.15, 0.2) is 176 Å². The molecule has 0 saturated heterocycles. The predicted molar refractivity (Wildman–Crippen MR) is 210 cm³/mol. The largest absolute Gasteiger partial charge is 0.309 e. The first kappa shape index (κ1) is 27.9. The zero-order valence-corrected chi connectivity index (χ0v) is 27.5. The van der Waals surface area contributed by atoms with Crippen LogP contribution in [0.3, 0.4) is 0 Å². The van der Waals surface area contributed by atoms with Crippen LogP contribution in [0.4, 0.5) is 0 Å². The number of aromatic nitrogens is 5. The van der Waals surface area contributed by atoms with E-state index in [2.05, 4.69) is 175 Å². The van der Waals surface area contributed by atoms with Crippen molar-refractivity contribution in [3.8, 4) is 28.2 Å². The fourth-order valence-electron chi connectivity index (χ4n) is 8.22. The molecule has 11 aromatic rings. The molecule has 238 valence electrons. The fraction of sp³-hybridized carbons (Fsp3) is 0. The molecular formula is C46H29N5. The number of hydrogen-bond acceptors (Lipinski definition) is 2. The van der Waals surface area contributed by atoms with E-state index < -0.39 is 0 Å². The van der Waals surface area contributed by atoms with E-state index in [1.807, 2.05) is 24.8 Å². The molecule has 0 amide bonds. The highest BCUT2D eigenvalue weighted by Gasteiger charge is 2.23. The summed E-state index contributed by atoms with van der Waals surface area (Å²) in [5.41, 5.74) is 12.3. The van der Waals surface area contributed by atoms with Gasteiger partial charge in [-0.2, -0.15) is 0 Å². The third kappa shape index (κ3) is 4.03. The van der Waals surface area contributed by atoms with Crippen molar-refractivity contribution in [3.63, 3.8) is 0 Å². The van der Waals surface area contributed by atoms with Crippen molar-refractivity contribution in [2.24, 2.45) is 0 Å². The zero-order chi connectivity index (χ0) is 33.5. The number of hydrogen-bond donors (Lipinski definition) is 0. The molecule has 6 aromatic carbocycles. The maximum absolute atomic E-state index is 4.65. The highest BCUT2D eigenvalue weighted by molar-refractivity contribution is 6.15. The Morgan fingerprint density at radius 3 is 1.47 bits per heavy atom. The Morgan fingerprint density at radius 2 is 0.824 bits per heavy atom. The molecule has 0 aliphatic rings. The van der Waals surface area contributed by atoms with Crippen LogP contribution < -0.4 is 0 Å². The van der Waals surface area contributed by atoms with Gasteiger partial charge < -0.3 is 13.7 Å². The summed E-state index contributed by atoms with van der Waals surface area (Å²) >= 11 is 0. The molecule has 51 heavy (non-hydrogen) atoms. The van der Waals surface area contributed by atoms with Gasteiger partial charge in [0, 0.05) is 50.4 Å². The number of pyridine rings is 2. The molecule has 5 heteroatoms. The number of nitrogens with zero attached hydrogens (tertiary/aromatic N) is 5. The standard InChI is InChI=1S/C46H29N5/c1-3-11-30(12-4-1)31-19-20-41-37(25-31)38-26-43(50-39-17-9-7-15-33(39)35-21-23-47-28-45(35)50)44(27-42(38)49(41)32-13-5-2-6-14-32)51-40-18-10-8-16-34(40)36-22-24-48-29-46(36)51/h1-29H. The lowest BCUT2D eigenvalue weighted by Crippen LogP contribution is -2.04. The molecular weight excluding hydrogens is 623 g/mol. The molecule has 0 aliphatic carbocycles. The van der Waals surface area contributed by atoms with Crippen LogP contribution in [-0.2, 0) is 0 Å². The molecule has 5 nitrogen and oxygen atoms in total. The van der Waals surface area contributed by atoms with Crippen molar-refractivity contribution in [3.05, 3.63) is 176 Å². The number of benzene rings is 6. The lowest BCUT2D eigenvalue weighted by molar-refractivity contribution is 1.09. The van der Waals surface area contributed by atoms with Crippen LogP contribution in [0, 0.1) is 0 Å². The molecule has 0 bridgehead atoms. The summed E-state index contributed by atoms with van der Waals surface area (Å²) in [4.78, 5) is 9.29. The zero-order valence-electron chi connectivity index (χ0n) is 27.5. The van der Waals surface area contributed by atoms with Gasteiger partial charge in [-0.1, -0.05) is 91.0 Å². The van der Waals surface area contributed by atoms with Gasteiger partial charge in [-0.3, -0.25) is 9.97 Å². The third-order valence-electron chi connectivity index (χ3n) is 10.4. The molecule has 0 N–H and O–H groups in total. The fourth-order valence-corrected chi connectivity index (χ4v) is 8.22. The van der Waals surface area contributed by atoms with E-state index in [0.717, 1.165) is 50.2 Å². The Hall–Kier alpha value is -6.98. The van der Waals surface area contributed by atoms with Crippen LogP contribution in [0.1, 0.15) is 0 Å². The lowest BCUT2D eigenvalue weighted by atomic mass is 10.0. The second-order valence-electron chi connectivity index (χ2n) is 13.1. The van der Waals surface area contributed by atoms with Gasteiger partial charge in [0.2, 0.25) is 0 Å². The summed E-state index contributed by atoms with van der Waals surface area (Å²) in [6.45, 7) is 0. The summed E-state index contributed by atoms with van der Waals surface area (Å²) in [6, 6.07) is 54.6. The van der Waals surface area contributed by atoms with Crippen molar-refractivity contribution in [1.82, 2.24) is 23.7 Å². The Bertz CT molecular complexity index is 3020. The van der Waals surface area contributed by atoms with Crippen LogP contribution in [0.25, 0.3) is 93.6 Å². The molecule has 0 aliphatic heterocycles. The first-order valence-electron chi connectivity index (χ1n) is 17.2. The van der Waals surface area contributed by atoms with Crippen molar-refractivity contribution < 1.29 is 0 Å². The number of fused-ring (bicyclic) bond motifs is 9. The van der Waals surface area contributed by atoms with E-state index in [0.29, 0.717) is 0 Å². The van der Waals surface area contributed by atoms with Crippen molar-refractivity contribution in [2.75, 3.05) is 0 Å². The highest BCUT2D eigenvalue weighted by Crippen LogP contribution is 2.42. The van der Waals surface area contributed by atoms with Crippen LogP contribution in [0.2, 0.25) is 0 Å². The smallest absolute Gasteiger partial charge is 0.0725 e. The van der Waals surface area contributed by atoms with Crippen molar-refractivity contribution in [1.29, 1.82) is 0 Å².